The van der Waals surface area contributed by atoms with Gasteiger partial charge in [-0.1, -0.05) is 388 Å². The molecule has 5 atom stereocenters. The number of carbonyl (C=O) groups is 4. The van der Waals surface area contributed by atoms with Gasteiger partial charge in [-0.2, -0.15) is 0 Å². The maximum atomic E-state index is 13.1. The smallest absolute Gasteiger partial charge is 0.462 e. The predicted octanol–water partition coefficient (Wildman–Crippen LogP) is 24.8. The molecule has 0 aromatic heterocycles. The van der Waals surface area contributed by atoms with Crippen molar-refractivity contribution in [3.05, 3.63) is 0 Å². The molecule has 0 bridgehead atoms. The molecule has 0 amide bonds. The number of rotatable bonds is 82. The average molecular weight is 1480 g/mol. The highest BCUT2D eigenvalue weighted by atomic mass is 31.2. The Labute approximate surface area is 619 Å². The monoisotopic (exact) mass is 1480 g/mol. The third kappa shape index (κ3) is 76.1. The number of phosphoric ester groups is 2. The first-order valence-corrected chi connectivity index (χ1v) is 45.6. The molecule has 0 saturated carbocycles. The van der Waals surface area contributed by atoms with Gasteiger partial charge in [-0.3, -0.25) is 37.3 Å². The van der Waals surface area contributed by atoms with Gasteiger partial charge in [0.2, 0.25) is 0 Å². The maximum absolute atomic E-state index is 13.1. The van der Waals surface area contributed by atoms with Crippen LogP contribution in [-0.2, 0) is 65.4 Å². The largest absolute Gasteiger partial charge is 0.472 e. The van der Waals surface area contributed by atoms with Crippen molar-refractivity contribution in [1.82, 2.24) is 0 Å². The summed E-state index contributed by atoms with van der Waals surface area (Å²) in [6.07, 6.45) is 66.5. The fourth-order valence-electron chi connectivity index (χ4n) is 12.8. The minimum Gasteiger partial charge on any atom is -0.462 e. The number of phosphoric acid groups is 2. The van der Waals surface area contributed by atoms with Crippen molar-refractivity contribution in [2.45, 2.75) is 457 Å². The third-order valence-electron chi connectivity index (χ3n) is 19.3. The molecule has 0 aliphatic rings. The van der Waals surface area contributed by atoms with Crippen LogP contribution in [0.25, 0.3) is 0 Å². The summed E-state index contributed by atoms with van der Waals surface area (Å²) < 4.78 is 68.7. The molecule has 0 aliphatic carbocycles. The molecule has 3 N–H and O–H groups in total. The number of hydrogen-bond donors (Lipinski definition) is 3. The second-order valence-electron chi connectivity index (χ2n) is 30.0. The van der Waals surface area contributed by atoms with Gasteiger partial charge >= 0.3 is 39.5 Å². The standard InChI is InChI=1S/C82H160O17P2/c1-6-9-12-15-18-21-24-26-28-29-30-34-38-41-46-51-56-61-66-80(85)93-72-78(99-82(87)68-63-58-53-48-43-39-35-32-31-33-36-40-44-49-54-59-64-75(4)5)74-97-101(90,91)95-70-76(83)69-94-100(88,89)96-73-77(71-92-79(84)65-60-55-50-45-23-20-17-14-11-8-3)98-81(86)67-62-57-52-47-42-37-27-25-22-19-16-13-10-7-2/h75-78,83H,6-74H2,1-5H3,(H,88,89)(H,90,91)/t76-,77+,78+/m0/s1. The minimum atomic E-state index is -4.96. The van der Waals surface area contributed by atoms with E-state index in [0.29, 0.717) is 25.7 Å². The van der Waals surface area contributed by atoms with Crippen molar-refractivity contribution >= 4 is 39.5 Å². The van der Waals surface area contributed by atoms with Crippen molar-refractivity contribution in [3.63, 3.8) is 0 Å². The zero-order chi connectivity index (χ0) is 74.1. The Morgan fingerprint density at radius 2 is 0.455 bits per heavy atom. The molecular weight excluding hydrogens is 1320 g/mol. The molecule has 0 rings (SSSR count). The fourth-order valence-corrected chi connectivity index (χ4v) is 14.3. The summed E-state index contributed by atoms with van der Waals surface area (Å²) in [5, 5.41) is 10.6. The van der Waals surface area contributed by atoms with Gasteiger partial charge < -0.3 is 33.8 Å². The van der Waals surface area contributed by atoms with Gasteiger partial charge in [-0.05, 0) is 31.6 Å². The summed E-state index contributed by atoms with van der Waals surface area (Å²) in [4.78, 5) is 73.0. The van der Waals surface area contributed by atoms with E-state index in [1.165, 1.54) is 263 Å². The molecule has 2 unspecified atom stereocenters. The zero-order valence-electron chi connectivity index (χ0n) is 66.1. The highest BCUT2D eigenvalue weighted by Crippen LogP contribution is 2.45. The zero-order valence-corrected chi connectivity index (χ0v) is 67.8. The molecule has 101 heavy (non-hydrogen) atoms. The normalized spacial score (nSPS) is 13.8. The van der Waals surface area contributed by atoms with Crippen LogP contribution < -0.4 is 0 Å². The molecule has 0 radical (unpaired) electrons. The molecule has 17 nitrogen and oxygen atoms in total. The van der Waals surface area contributed by atoms with Gasteiger partial charge in [-0.15, -0.1) is 0 Å². The highest BCUT2D eigenvalue weighted by Gasteiger charge is 2.30. The van der Waals surface area contributed by atoms with E-state index >= 15 is 0 Å². The predicted molar refractivity (Wildman–Crippen MR) is 414 cm³/mol. The maximum Gasteiger partial charge on any atom is 0.472 e. The number of hydrogen-bond acceptors (Lipinski definition) is 15. The van der Waals surface area contributed by atoms with Crippen LogP contribution in [0.15, 0.2) is 0 Å². The van der Waals surface area contributed by atoms with Crippen LogP contribution in [-0.4, -0.2) is 96.7 Å². The van der Waals surface area contributed by atoms with Gasteiger partial charge in [-0.25, -0.2) is 9.13 Å². The Hall–Kier alpha value is -1.94. The molecule has 0 spiro atoms. The van der Waals surface area contributed by atoms with Crippen molar-refractivity contribution in [2.75, 3.05) is 39.6 Å². The molecule has 0 fully saturated rings. The molecular formula is C82H160O17P2. The van der Waals surface area contributed by atoms with Crippen molar-refractivity contribution in [3.8, 4) is 0 Å². The quantitative estimate of drug-likeness (QED) is 0.0222. The van der Waals surface area contributed by atoms with Crippen LogP contribution in [0, 0.1) is 5.92 Å². The minimum absolute atomic E-state index is 0.108. The Kier molecular flexibility index (Phi) is 73.5. The lowest BCUT2D eigenvalue weighted by Crippen LogP contribution is -2.30. The first kappa shape index (κ1) is 99.1. The molecule has 0 aliphatic heterocycles. The van der Waals surface area contributed by atoms with E-state index in [1.807, 2.05) is 0 Å². The van der Waals surface area contributed by atoms with Crippen LogP contribution in [0.4, 0.5) is 0 Å². The lowest BCUT2D eigenvalue weighted by Gasteiger charge is -2.21. The van der Waals surface area contributed by atoms with E-state index < -0.39 is 97.5 Å². The molecule has 0 aromatic carbocycles. The molecule has 0 saturated heterocycles. The van der Waals surface area contributed by atoms with Crippen LogP contribution in [0.2, 0.25) is 0 Å². The second-order valence-corrected chi connectivity index (χ2v) is 32.9. The van der Waals surface area contributed by atoms with Crippen LogP contribution in [0.5, 0.6) is 0 Å². The number of aliphatic hydroxyl groups is 1. The van der Waals surface area contributed by atoms with Crippen molar-refractivity contribution < 1.29 is 80.2 Å². The third-order valence-corrected chi connectivity index (χ3v) is 21.2. The Balaban J connectivity index is 5.23. The number of ether oxygens (including phenoxy) is 4. The number of unbranched alkanes of at least 4 members (excludes halogenated alkanes) is 54. The van der Waals surface area contributed by atoms with Crippen molar-refractivity contribution in [1.29, 1.82) is 0 Å². The van der Waals surface area contributed by atoms with E-state index in [-0.39, 0.29) is 25.7 Å². The van der Waals surface area contributed by atoms with Crippen molar-refractivity contribution in [2.24, 2.45) is 5.92 Å². The van der Waals surface area contributed by atoms with E-state index in [2.05, 4.69) is 34.6 Å². The Bertz CT molecular complexity index is 1930. The van der Waals surface area contributed by atoms with Gasteiger partial charge in [0.05, 0.1) is 26.4 Å². The summed E-state index contributed by atoms with van der Waals surface area (Å²) in [6, 6.07) is 0. The van der Waals surface area contributed by atoms with Crippen LogP contribution >= 0.6 is 15.6 Å². The molecule has 0 heterocycles. The summed E-state index contributed by atoms with van der Waals surface area (Å²) >= 11 is 0. The van der Waals surface area contributed by atoms with Gasteiger partial charge in [0.25, 0.3) is 0 Å². The lowest BCUT2D eigenvalue weighted by atomic mass is 10.0. The van der Waals surface area contributed by atoms with E-state index in [0.717, 1.165) is 95.8 Å². The molecule has 19 heteroatoms. The second kappa shape index (κ2) is 74.9. The SMILES string of the molecule is CCCCCCCCCCCCCCCCCCCCC(=O)OC[C@H](COP(=O)(O)OC[C@@H](O)COP(=O)(O)OC[C@@H](COC(=O)CCCCCCCCCCCC)OC(=O)CCCCCCCCCCCCCCCC)OC(=O)CCCCCCCCCCCCCCCCCCC(C)C. The average Bonchev–Trinajstić information content (AvgIpc) is 0.995. The van der Waals surface area contributed by atoms with Crippen LogP contribution in [0.3, 0.4) is 0 Å². The van der Waals surface area contributed by atoms with Gasteiger partial charge in [0.15, 0.2) is 12.2 Å². The van der Waals surface area contributed by atoms with Crippen LogP contribution in [0.1, 0.15) is 439 Å². The van der Waals surface area contributed by atoms with E-state index in [1.54, 1.807) is 0 Å². The Morgan fingerprint density at radius 1 is 0.267 bits per heavy atom. The Morgan fingerprint density at radius 3 is 0.673 bits per heavy atom. The summed E-state index contributed by atoms with van der Waals surface area (Å²) in [7, 11) is -9.92. The highest BCUT2D eigenvalue weighted by molar-refractivity contribution is 7.47. The first-order chi connectivity index (χ1) is 49.0. The van der Waals surface area contributed by atoms with Gasteiger partial charge in [0, 0.05) is 25.7 Å². The summed E-state index contributed by atoms with van der Waals surface area (Å²) in [5.41, 5.74) is 0. The van der Waals surface area contributed by atoms with Gasteiger partial charge in [0.1, 0.15) is 19.3 Å². The fraction of sp³-hybridized carbons (Fsp3) is 0.951. The summed E-state index contributed by atoms with van der Waals surface area (Å²) in [6.45, 7) is 7.37. The summed E-state index contributed by atoms with van der Waals surface area (Å²) in [5.74, 6) is -1.29. The number of aliphatic hydroxyl groups excluding tert-OH is 1. The molecule has 600 valence electrons. The van der Waals surface area contributed by atoms with E-state index in [9.17, 15) is 43.2 Å². The first-order valence-electron chi connectivity index (χ1n) is 42.6. The topological polar surface area (TPSA) is 237 Å². The molecule has 0 aromatic rings. The number of carbonyl (C=O) groups excluding carboxylic acids is 4. The van der Waals surface area contributed by atoms with E-state index in [4.69, 9.17) is 37.0 Å². The lowest BCUT2D eigenvalue weighted by molar-refractivity contribution is -0.161. The number of esters is 4.